The van der Waals surface area contributed by atoms with Gasteiger partial charge in [-0.2, -0.15) is 0 Å². The summed E-state index contributed by atoms with van der Waals surface area (Å²) in [7, 11) is -3.68. The number of nitrogens with zero attached hydrogens (tertiary/aromatic N) is 2. The fraction of sp³-hybridized carbons (Fsp3) is 0.182. The standard InChI is InChI=1S/C22H21N3O3S/c1-16-13-18-14-20(29(27,28)24-15-19-9-5-6-12-23-19)10-11-21(18)25(16)22(26)17-7-3-2-4-8-17/h2-12,14,16,24H,13,15H2,1H3. The van der Waals surface area contributed by atoms with Gasteiger partial charge < -0.3 is 4.90 Å². The number of fused-ring (bicyclic) bond motifs is 1. The highest BCUT2D eigenvalue weighted by molar-refractivity contribution is 7.89. The predicted octanol–water partition coefficient (Wildman–Crippen LogP) is 3.15. The smallest absolute Gasteiger partial charge is 0.258 e. The zero-order valence-corrected chi connectivity index (χ0v) is 16.8. The molecule has 29 heavy (non-hydrogen) atoms. The molecule has 0 spiro atoms. The van der Waals surface area contributed by atoms with Crippen LogP contribution in [0.5, 0.6) is 0 Å². The average molecular weight is 407 g/mol. The highest BCUT2D eigenvalue weighted by Crippen LogP contribution is 2.35. The number of hydrogen-bond acceptors (Lipinski definition) is 4. The van der Waals surface area contributed by atoms with Crippen LogP contribution in [-0.2, 0) is 23.0 Å². The Morgan fingerprint density at radius 2 is 1.86 bits per heavy atom. The molecule has 6 nitrogen and oxygen atoms in total. The van der Waals surface area contributed by atoms with Crippen LogP contribution in [0.4, 0.5) is 5.69 Å². The van der Waals surface area contributed by atoms with E-state index in [0.717, 1.165) is 11.3 Å². The maximum atomic E-state index is 12.9. The van der Waals surface area contributed by atoms with Crippen LogP contribution in [0.2, 0.25) is 0 Å². The number of carbonyl (C=O) groups excluding carboxylic acids is 1. The lowest BCUT2D eigenvalue weighted by atomic mass is 10.1. The first-order valence-electron chi connectivity index (χ1n) is 9.37. The highest BCUT2D eigenvalue weighted by Gasteiger charge is 2.32. The Morgan fingerprint density at radius 1 is 1.10 bits per heavy atom. The third kappa shape index (κ3) is 3.92. The quantitative estimate of drug-likeness (QED) is 0.705. The van der Waals surface area contributed by atoms with E-state index in [0.29, 0.717) is 17.7 Å². The lowest BCUT2D eigenvalue weighted by molar-refractivity contribution is 0.0981. The molecule has 0 bridgehead atoms. The van der Waals surface area contributed by atoms with Crippen molar-refractivity contribution in [2.75, 3.05) is 4.90 Å². The molecule has 1 unspecified atom stereocenters. The topological polar surface area (TPSA) is 79.4 Å². The Kier molecular flexibility index (Phi) is 5.17. The average Bonchev–Trinajstić information content (AvgIpc) is 3.08. The third-order valence-corrected chi connectivity index (χ3v) is 6.38. The van der Waals surface area contributed by atoms with Crippen LogP contribution in [0.3, 0.4) is 0 Å². The monoisotopic (exact) mass is 407 g/mol. The van der Waals surface area contributed by atoms with E-state index in [2.05, 4.69) is 9.71 Å². The van der Waals surface area contributed by atoms with Gasteiger partial charge in [0.05, 0.1) is 17.1 Å². The molecule has 2 aromatic carbocycles. The molecule has 1 atom stereocenters. The summed E-state index contributed by atoms with van der Waals surface area (Å²) >= 11 is 0. The molecule has 1 aromatic heterocycles. The van der Waals surface area contributed by atoms with Crippen molar-refractivity contribution in [2.24, 2.45) is 0 Å². The predicted molar refractivity (Wildman–Crippen MR) is 111 cm³/mol. The van der Waals surface area contributed by atoms with Crippen molar-refractivity contribution >= 4 is 21.6 Å². The van der Waals surface area contributed by atoms with E-state index in [-0.39, 0.29) is 23.4 Å². The summed E-state index contributed by atoms with van der Waals surface area (Å²) in [6, 6.07) is 19.3. The fourth-order valence-electron chi connectivity index (χ4n) is 3.56. The van der Waals surface area contributed by atoms with Crippen LogP contribution in [0.15, 0.2) is 77.8 Å². The fourth-order valence-corrected chi connectivity index (χ4v) is 4.61. The molecule has 148 valence electrons. The van der Waals surface area contributed by atoms with Crippen molar-refractivity contribution in [3.05, 3.63) is 89.7 Å². The van der Waals surface area contributed by atoms with Crippen molar-refractivity contribution in [2.45, 2.75) is 30.8 Å². The molecular formula is C22H21N3O3S. The number of hydrogen-bond donors (Lipinski definition) is 1. The molecule has 2 heterocycles. The van der Waals surface area contributed by atoms with Gasteiger partial charge in [-0.3, -0.25) is 9.78 Å². The second-order valence-electron chi connectivity index (χ2n) is 7.03. The first kappa shape index (κ1) is 19.3. The van der Waals surface area contributed by atoms with E-state index >= 15 is 0 Å². The second kappa shape index (κ2) is 7.77. The van der Waals surface area contributed by atoms with Gasteiger partial charge in [-0.15, -0.1) is 0 Å². The number of rotatable bonds is 5. The second-order valence-corrected chi connectivity index (χ2v) is 8.80. The zero-order chi connectivity index (χ0) is 20.4. The van der Waals surface area contributed by atoms with Gasteiger partial charge in [0, 0.05) is 23.5 Å². The Hall–Kier alpha value is -3.03. The maximum Gasteiger partial charge on any atom is 0.258 e. The largest absolute Gasteiger partial charge is 0.305 e. The number of pyridine rings is 1. The van der Waals surface area contributed by atoms with Gasteiger partial charge in [0.15, 0.2) is 0 Å². The van der Waals surface area contributed by atoms with Crippen LogP contribution in [0.25, 0.3) is 0 Å². The summed E-state index contributed by atoms with van der Waals surface area (Å²) in [6.45, 7) is 2.09. The van der Waals surface area contributed by atoms with Crippen molar-refractivity contribution in [3.8, 4) is 0 Å². The molecule has 1 amide bonds. The minimum Gasteiger partial charge on any atom is -0.305 e. The lowest BCUT2D eigenvalue weighted by Crippen LogP contribution is -2.35. The van der Waals surface area contributed by atoms with E-state index in [9.17, 15) is 13.2 Å². The Labute approximate surface area is 170 Å². The third-order valence-electron chi connectivity index (χ3n) is 4.99. The molecular weight excluding hydrogens is 386 g/mol. The first-order valence-corrected chi connectivity index (χ1v) is 10.8. The van der Waals surface area contributed by atoms with Gasteiger partial charge in [-0.1, -0.05) is 24.3 Å². The molecule has 7 heteroatoms. The van der Waals surface area contributed by atoms with Crippen LogP contribution >= 0.6 is 0 Å². The van der Waals surface area contributed by atoms with Gasteiger partial charge in [0.25, 0.3) is 5.91 Å². The number of amides is 1. The van der Waals surface area contributed by atoms with Gasteiger partial charge in [-0.25, -0.2) is 13.1 Å². The van der Waals surface area contributed by atoms with Crippen molar-refractivity contribution in [1.29, 1.82) is 0 Å². The molecule has 0 radical (unpaired) electrons. The summed E-state index contributed by atoms with van der Waals surface area (Å²) < 4.78 is 28.0. The molecule has 0 fully saturated rings. The number of sulfonamides is 1. The highest BCUT2D eigenvalue weighted by atomic mass is 32.2. The number of aromatic nitrogens is 1. The van der Waals surface area contributed by atoms with Crippen molar-refractivity contribution in [1.82, 2.24) is 9.71 Å². The number of anilines is 1. The Bertz CT molecular complexity index is 1130. The molecule has 4 rings (SSSR count). The summed E-state index contributed by atoms with van der Waals surface area (Å²) in [5, 5.41) is 0. The van der Waals surface area contributed by atoms with Crippen LogP contribution in [0, 0.1) is 0 Å². The molecule has 0 saturated carbocycles. The lowest BCUT2D eigenvalue weighted by Gasteiger charge is -2.23. The SMILES string of the molecule is CC1Cc2cc(S(=O)(=O)NCc3ccccn3)ccc2N1C(=O)c1ccccc1. The normalized spacial score (nSPS) is 15.9. The van der Waals surface area contributed by atoms with Gasteiger partial charge >= 0.3 is 0 Å². The minimum absolute atomic E-state index is 0.0443. The first-order chi connectivity index (χ1) is 14.0. The van der Waals surface area contributed by atoms with E-state index in [1.165, 1.54) is 0 Å². The summed E-state index contributed by atoms with van der Waals surface area (Å²) in [4.78, 5) is 19.0. The molecule has 0 aliphatic carbocycles. The molecule has 3 aromatic rings. The van der Waals surface area contributed by atoms with Gasteiger partial charge in [0.2, 0.25) is 10.0 Å². The minimum atomic E-state index is -3.68. The van der Waals surface area contributed by atoms with Crippen LogP contribution in [-0.4, -0.2) is 25.4 Å². The maximum absolute atomic E-state index is 12.9. The van der Waals surface area contributed by atoms with E-state index in [1.807, 2.05) is 31.2 Å². The van der Waals surface area contributed by atoms with Gasteiger partial charge in [-0.05, 0) is 61.4 Å². The van der Waals surface area contributed by atoms with E-state index < -0.39 is 10.0 Å². The van der Waals surface area contributed by atoms with E-state index in [1.54, 1.807) is 53.6 Å². The van der Waals surface area contributed by atoms with E-state index in [4.69, 9.17) is 0 Å². The number of benzene rings is 2. The molecule has 1 aliphatic rings. The molecule has 1 aliphatic heterocycles. The number of carbonyl (C=O) groups is 1. The van der Waals surface area contributed by atoms with Crippen molar-refractivity contribution in [3.63, 3.8) is 0 Å². The number of nitrogens with one attached hydrogen (secondary N) is 1. The Balaban J connectivity index is 1.58. The van der Waals surface area contributed by atoms with Crippen molar-refractivity contribution < 1.29 is 13.2 Å². The summed E-state index contributed by atoms with van der Waals surface area (Å²) in [6.07, 6.45) is 2.23. The summed E-state index contributed by atoms with van der Waals surface area (Å²) in [5.74, 6) is -0.0827. The summed E-state index contributed by atoms with van der Waals surface area (Å²) in [5.41, 5.74) is 2.86. The van der Waals surface area contributed by atoms with Crippen LogP contribution < -0.4 is 9.62 Å². The van der Waals surface area contributed by atoms with Gasteiger partial charge in [0.1, 0.15) is 0 Å². The molecule has 1 N–H and O–H groups in total. The zero-order valence-electron chi connectivity index (χ0n) is 15.9. The molecule has 0 saturated heterocycles. The van der Waals surface area contributed by atoms with Crippen LogP contribution in [0.1, 0.15) is 28.5 Å². The Morgan fingerprint density at radius 3 is 2.59 bits per heavy atom.